The first-order chi connectivity index (χ1) is 18.2. The standard InChI is InChI=1S/C27H20F9NO2/c1-16-37(15-23(38-16)26(32,33)34)25(14-17-5-3-2-4-6-17,18-7-9-20(28)10-8-18)19-11-21(29)13-22(12-19)39-27(35,36)24(30)31/h2-13,15-16,24H,14H2,1H3/t16-,25?/m1/s1. The fourth-order valence-electron chi connectivity index (χ4n) is 4.50. The van der Waals surface area contributed by atoms with Crippen molar-refractivity contribution in [2.24, 2.45) is 0 Å². The number of hydrogen-bond donors (Lipinski definition) is 0. The summed E-state index contributed by atoms with van der Waals surface area (Å²) in [6, 6.07) is 14.8. The number of rotatable bonds is 8. The second-order valence-electron chi connectivity index (χ2n) is 8.79. The smallest absolute Gasteiger partial charge is 0.461 e. The molecule has 3 aromatic carbocycles. The number of allylic oxidation sites excluding steroid dienone is 1. The molecule has 39 heavy (non-hydrogen) atoms. The lowest BCUT2D eigenvalue weighted by Crippen LogP contribution is -2.49. The predicted molar refractivity (Wildman–Crippen MR) is 122 cm³/mol. The minimum Gasteiger partial charge on any atom is -0.464 e. The molecule has 4 rings (SSSR count). The highest BCUT2D eigenvalue weighted by atomic mass is 19.4. The highest BCUT2D eigenvalue weighted by molar-refractivity contribution is 5.46. The van der Waals surface area contributed by atoms with E-state index in [1.165, 1.54) is 19.1 Å². The fourth-order valence-corrected chi connectivity index (χ4v) is 4.50. The van der Waals surface area contributed by atoms with Gasteiger partial charge in [-0.1, -0.05) is 42.5 Å². The largest absolute Gasteiger partial charge is 0.464 e. The van der Waals surface area contributed by atoms with Crippen molar-refractivity contribution in [3.8, 4) is 5.75 Å². The van der Waals surface area contributed by atoms with E-state index in [4.69, 9.17) is 4.74 Å². The van der Waals surface area contributed by atoms with Crippen LogP contribution < -0.4 is 4.74 Å². The van der Waals surface area contributed by atoms with Gasteiger partial charge in [0.1, 0.15) is 17.4 Å². The number of nitrogens with zero attached hydrogens (tertiary/aromatic N) is 1. The fraction of sp³-hybridized carbons (Fsp3) is 0.259. The van der Waals surface area contributed by atoms with Gasteiger partial charge >= 0.3 is 18.7 Å². The molecule has 1 heterocycles. The molecule has 1 aliphatic heterocycles. The van der Waals surface area contributed by atoms with Crippen LogP contribution >= 0.6 is 0 Å². The molecule has 0 aliphatic carbocycles. The Labute approximate surface area is 217 Å². The second-order valence-corrected chi connectivity index (χ2v) is 8.79. The van der Waals surface area contributed by atoms with Crippen molar-refractivity contribution >= 4 is 0 Å². The van der Waals surface area contributed by atoms with Crippen molar-refractivity contribution in [2.75, 3.05) is 0 Å². The van der Waals surface area contributed by atoms with Crippen LogP contribution in [0.3, 0.4) is 0 Å². The van der Waals surface area contributed by atoms with Gasteiger partial charge in [0, 0.05) is 12.5 Å². The van der Waals surface area contributed by atoms with Crippen molar-refractivity contribution < 1.29 is 49.0 Å². The Morgan fingerprint density at radius 1 is 0.846 bits per heavy atom. The molecule has 0 saturated heterocycles. The maximum atomic E-state index is 14.9. The van der Waals surface area contributed by atoms with Gasteiger partial charge in [0.2, 0.25) is 5.76 Å². The number of ether oxygens (including phenoxy) is 2. The summed E-state index contributed by atoms with van der Waals surface area (Å²) in [6.45, 7) is 1.28. The van der Waals surface area contributed by atoms with Crippen molar-refractivity contribution in [3.05, 3.63) is 113 Å². The van der Waals surface area contributed by atoms with Crippen molar-refractivity contribution in [2.45, 2.75) is 43.8 Å². The quantitative estimate of drug-likeness (QED) is 0.263. The van der Waals surface area contributed by atoms with Gasteiger partial charge in [0.15, 0.2) is 6.23 Å². The van der Waals surface area contributed by atoms with Crippen LogP contribution in [0.1, 0.15) is 23.6 Å². The van der Waals surface area contributed by atoms with E-state index in [9.17, 15) is 39.5 Å². The number of halogens is 9. The molecule has 208 valence electrons. The van der Waals surface area contributed by atoms with Crippen LogP contribution in [0, 0.1) is 11.6 Å². The van der Waals surface area contributed by atoms with E-state index in [1.807, 2.05) is 0 Å². The molecule has 0 fully saturated rings. The van der Waals surface area contributed by atoms with Gasteiger partial charge in [0.25, 0.3) is 0 Å². The Morgan fingerprint density at radius 3 is 2.05 bits per heavy atom. The average molecular weight is 561 g/mol. The minimum absolute atomic E-state index is 0.125. The first-order valence-electron chi connectivity index (χ1n) is 11.4. The Balaban J connectivity index is 2.02. The van der Waals surface area contributed by atoms with E-state index in [0.717, 1.165) is 29.2 Å². The van der Waals surface area contributed by atoms with E-state index in [1.54, 1.807) is 30.3 Å². The summed E-state index contributed by atoms with van der Waals surface area (Å²) in [7, 11) is 0. The van der Waals surface area contributed by atoms with E-state index in [2.05, 4.69) is 4.74 Å². The van der Waals surface area contributed by atoms with E-state index >= 15 is 0 Å². The van der Waals surface area contributed by atoms with Crippen LogP contribution in [0.2, 0.25) is 0 Å². The summed E-state index contributed by atoms with van der Waals surface area (Å²) < 4.78 is 132. The Kier molecular flexibility index (Phi) is 7.50. The van der Waals surface area contributed by atoms with Crippen LogP contribution in [0.25, 0.3) is 0 Å². The molecule has 0 saturated carbocycles. The van der Waals surface area contributed by atoms with Crippen LogP contribution in [0.4, 0.5) is 39.5 Å². The van der Waals surface area contributed by atoms with E-state index < -0.39 is 53.6 Å². The number of hydrogen-bond acceptors (Lipinski definition) is 3. The van der Waals surface area contributed by atoms with Crippen LogP contribution in [0.15, 0.2) is 84.8 Å². The third-order valence-electron chi connectivity index (χ3n) is 6.15. The molecule has 0 radical (unpaired) electrons. The predicted octanol–water partition coefficient (Wildman–Crippen LogP) is 7.77. The second kappa shape index (κ2) is 10.4. The highest BCUT2D eigenvalue weighted by Gasteiger charge is 2.50. The molecule has 1 unspecified atom stereocenters. The van der Waals surface area contributed by atoms with Gasteiger partial charge < -0.3 is 14.4 Å². The molecule has 0 N–H and O–H groups in total. The molecule has 1 aliphatic rings. The first-order valence-corrected chi connectivity index (χ1v) is 11.4. The van der Waals surface area contributed by atoms with Crippen LogP contribution in [-0.2, 0) is 16.7 Å². The number of benzene rings is 3. The third-order valence-corrected chi connectivity index (χ3v) is 6.15. The van der Waals surface area contributed by atoms with Crippen molar-refractivity contribution in [3.63, 3.8) is 0 Å². The van der Waals surface area contributed by atoms with Gasteiger partial charge in [-0.15, -0.1) is 0 Å². The Bertz CT molecular complexity index is 1330. The van der Waals surface area contributed by atoms with Gasteiger partial charge in [-0.25, -0.2) is 8.78 Å². The molecule has 3 nitrogen and oxygen atoms in total. The molecule has 0 aromatic heterocycles. The molecule has 0 amide bonds. The molecule has 12 heteroatoms. The summed E-state index contributed by atoms with van der Waals surface area (Å²) >= 11 is 0. The summed E-state index contributed by atoms with van der Waals surface area (Å²) in [6.07, 6.45) is -15.1. The SMILES string of the molecule is C[C@H]1OC(C(F)(F)F)=CN1C(Cc1ccccc1)(c1ccc(F)cc1)c1cc(F)cc(OC(F)(F)C(F)F)c1. The lowest BCUT2D eigenvalue weighted by molar-refractivity contribution is -0.253. The Hall–Kier alpha value is -3.83. The Morgan fingerprint density at radius 2 is 1.49 bits per heavy atom. The third kappa shape index (κ3) is 5.79. The molecule has 3 aromatic rings. The van der Waals surface area contributed by atoms with Crippen LogP contribution in [-0.4, -0.2) is 29.8 Å². The lowest BCUT2D eigenvalue weighted by Gasteiger charge is -2.45. The average Bonchev–Trinajstić information content (AvgIpc) is 3.25. The van der Waals surface area contributed by atoms with E-state index in [0.29, 0.717) is 17.8 Å². The van der Waals surface area contributed by atoms with Crippen LogP contribution in [0.5, 0.6) is 5.75 Å². The zero-order valence-electron chi connectivity index (χ0n) is 20.0. The zero-order valence-corrected chi connectivity index (χ0v) is 20.0. The normalized spacial score (nSPS) is 17.6. The molecule has 0 bridgehead atoms. The molecular weight excluding hydrogens is 541 g/mol. The maximum Gasteiger partial charge on any atom is 0.461 e. The topological polar surface area (TPSA) is 21.7 Å². The summed E-state index contributed by atoms with van der Waals surface area (Å²) in [5.41, 5.74) is -1.47. The maximum absolute atomic E-state index is 14.9. The zero-order chi connectivity index (χ0) is 28.6. The number of alkyl halides is 7. The van der Waals surface area contributed by atoms with Crippen molar-refractivity contribution in [1.82, 2.24) is 4.90 Å². The lowest BCUT2D eigenvalue weighted by atomic mass is 9.76. The highest BCUT2D eigenvalue weighted by Crippen LogP contribution is 2.47. The van der Waals surface area contributed by atoms with E-state index in [-0.39, 0.29) is 17.5 Å². The van der Waals surface area contributed by atoms with Gasteiger partial charge in [-0.3, -0.25) is 0 Å². The van der Waals surface area contributed by atoms with Crippen molar-refractivity contribution in [1.29, 1.82) is 0 Å². The molecule has 0 spiro atoms. The summed E-state index contributed by atoms with van der Waals surface area (Å²) in [5, 5.41) is 0. The summed E-state index contributed by atoms with van der Waals surface area (Å²) in [5.74, 6) is -4.27. The first kappa shape index (κ1) is 28.2. The monoisotopic (exact) mass is 561 g/mol. The minimum atomic E-state index is -4.99. The van der Waals surface area contributed by atoms with Gasteiger partial charge in [0.05, 0.1) is 11.7 Å². The van der Waals surface area contributed by atoms with Gasteiger partial charge in [-0.05, 0) is 47.9 Å². The molecule has 2 atom stereocenters. The van der Waals surface area contributed by atoms with Gasteiger partial charge in [-0.2, -0.15) is 30.7 Å². The molecular formula is C27H20F9NO2. The summed E-state index contributed by atoms with van der Waals surface area (Å²) in [4.78, 5) is 1.10.